The molecule has 132 valence electrons. The van der Waals surface area contributed by atoms with Crippen molar-refractivity contribution in [2.75, 3.05) is 5.73 Å². The van der Waals surface area contributed by atoms with Crippen LogP contribution >= 0.6 is 23.1 Å². The highest BCUT2D eigenvalue weighted by Crippen LogP contribution is 2.32. The van der Waals surface area contributed by atoms with Crippen molar-refractivity contribution < 1.29 is 4.39 Å². The number of nitrogens with zero attached hydrogens (tertiary/aromatic N) is 5. The molecule has 0 saturated heterocycles. The summed E-state index contributed by atoms with van der Waals surface area (Å²) in [5, 5.41) is 14.0. The highest BCUT2D eigenvalue weighted by Gasteiger charge is 2.13. The molecule has 6 nitrogen and oxygen atoms in total. The first-order valence-electron chi connectivity index (χ1n) is 7.99. The van der Waals surface area contributed by atoms with Gasteiger partial charge in [-0.2, -0.15) is 9.61 Å². The van der Waals surface area contributed by atoms with Crippen LogP contribution in [-0.4, -0.2) is 24.8 Å². The van der Waals surface area contributed by atoms with E-state index in [0.29, 0.717) is 27.2 Å². The fourth-order valence-corrected chi connectivity index (χ4v) is 4.41. The number of aromatic nitrogens is 5. The van der Waals surface area contributed by atoms with Crippen molar-refractivity contribution in [2.24, 2.45) is 0 Å². The van der Waals surface area contributed by atoms with Crippen LogP contribution in [-0.2, 0) is 0 Å². The lowest BCUT2D eigenvalue weighted by molar-refractivity contribution is 0.630. The molecule has 5 rings (SSSR count). The summed E-state index contributed by atoms with van der Waals surface area (Å²) >= 11 is 2.86. The molecule has 2 N–H and O–H groups in total. The summed E-state index contributed by atoms with van der Waals surface area (Å²) in [6.07, 6.45) is 0. The van der Waals surface area contributed by atoms with Gasteiger partial charge in [-0.05, 0) is 54.2 Å². The Kier molecular flexibility index (Phi) is 3.76. The minimum absolute atomic E-state index is 0.320. The van der Waals surface area contributed by atoms with E-state index < -0.39 is 0 Å². The molecule has 9 heteroatoms. The van der Waals surface area contributed by atoms with Crippen molar-refractivity contribution in [1.29, 1.82) is 0 Å². The van der Waals surface area contributed by atoms with Crippen LogP contribution in [0.15, 0.2) is 64.6 Å². The first-order chi connectivity index (χ1) is 13.2. The molecule has 0 fully saturated rings. The number of hydrogen-bond donors (Lipinski definition) is 1. The number of hydrogen-bond acceptors (Lipinski definition) is 7. The zero-order valence-electron chi connectivity index (χ0n) is 13.7. The predicted molar refractivity (Wildman–Crippen MR) is 104 cm³/mol. The molecule has 0 aliphatic carbocycles. The molecule has 0 saturated carbocycles. The fourth-order valence-electron chi connectivity index (χ4n) is 2.74. The van der Waals surface area contributed by atoms with E-state index in [1.807, 2.05) is 18.2 Å². The normalized spacial score (nSPS) is 11.4. The Balaban J connectivity index is 1.56. The molecule has 0 amide bonds. The molecular formula is C18H11FN6S2. The van der Waals surface area contributed by atoms with Gasteiger partial charge in [0.25, 0.3) is 0 Å². The number of halogens is 1. The van der Waals surface area contributed by atoms with Crippen LogP contribution in [0.3, 0.4) is 0 Å². The lowest BCUT2D eigenvalue weighted by Crippen LogP contribution is -1.97. The standard InChI is InChI=1S/C18H11FN6S2/c19-12-4-2-1-3-11(12)13-7-8-16-22-23-18(25(16)24-13)26-10-5-6-14-15(9-10)27-17(20)21-14/h1-9H,(H2,20,21). The van der Waals surface area contributed by atoms with Gasteiger partial charge < -0.3 is 5.73 Å². The number of fused-ring (bicyclic) bond motifs is 2. The molecule has 3 heterocycles. The summed E-state index contributed by atoms with van der Waals surface area (Å²) in [6.45, 7) is 0. The Morgan fingerprint density at radius 2 is 1.93 bits per heavy atom. The zero-order chi connectivity index (χ0) is 18.4. The Hall–Kier alpha value is -3.04. The third-order valence-electron chi connectivity index (χ3n) is 3.97. The van der Waals surface area contributed by atoms with E-state index in [4.69, 9.17) is 5.73 Å². The minimum atomic E-state index is -0.320. The van der Waals surface area contributed by atoms with Crippen molar-refractivity contribution in [1.82, 2.24) is 24.8 Å². The number of anilines is 1. The third kappa shape index (κ3) is 2.90. The second kappa shape index (κ2) is 6.29. The Labute approximate surface area is 160 Å². The second-order valence-electron chi connectivity index (χ2n) is 5.73. The van der Waals surface area contributed by atoms with Crippen molar-refractivity contribution >= 4 is 44.1 Å². The summed E-state index contributed by atoms with van der Waals surface area (Å²) in [5.74, 6) is -0.320. The maximum absolute atomic E-state index is 14.1. The maximum Gasteiger partial charge on any atom is 0.217 e. The molecule has 2 aromatic carbocycles. The van der Waals surface area contributed by atoms with Crippen molar-refractivity contribution in [3.8, 4) is 11.3 Å². The van der Waals surface area contributed by atoms with Crippen LogP contribution in [0.1, 0.15) is 0 Å². The molecule has 0 aliphatic heterocycles. The number of nitrogen functional groups attached to an aromatic ring is 1. The molecule has 3 aromatic heterocycles. The van der Waals surface area contributed by atoms with Crippen molar-refractivity contribution in [3.63, 3.8) is 0 Å². The van der Waals surface area contributed by atoms with E-state index in [1.165, 1.54) is 29.2 Å². The van der Waals surface area contributed by atoms with Gasteiger partial charge in [0.1, 0.15) is 5.82 Å². The van der Waals surface area contributed by atoms with Gasteiger partial charge in [-0.15, -0.1) is 10.2 Å². The Morgan fingerprint density at radius 1 is 1.04 bits per heavy atom. The lowest BCUT2D eigenvalue weighted by atomic mass is 10.1. The van der Waals surface area contributed by atoms with Crippen LogP contribution in [0.4, 0.5) is 9.52 Å². The average Bonchev–Trinajstić information content (AvgIpc) is 3.24. The van der Waals surface area contributed by atoms with E-state index in [9.17, 15) is 4.39 Å². The van der Waals surface area contributed by atoms with Crippen LogP contribution in [0.5, 0.6) is 0 Å². The van der Waals surface area contributed by atoms with Gasteiger partial charge in [0.2, 0.25) is 5.16 Å². The summed E-state index contributed by atoms with van der Waals surface area (Å²) in [4.78, 5) is 5.23. The quantitative estimate of drug-likeness (QED) is 0.492. The first kappa shape index (κ1) is 16.2. The van der Waals surface area contributed by atoms with E-state index in [1.54, 1.807) is 34.8 Å². The maximum atomic E-state index is 14.1. The molecule has 0 radical (unpaired) electrons. The highest BCUT2D eigenvalue weighted by molar-refractivity contribution is 7.99. The molecule has 0 spiro atoms. The zero-order valence-corrected chi connectivity index (χ0v) is 15.3. The van der Waals surface area contributed by atoms with Gasteiger partial charge in [-0.1, -0.05) is 23.5 Å². The molecule has 0 aliphatic rings. The second-order valence-corrected chi connectivity index (χ2v) is 7.84. The van der Waals surface area contributed by atoms with Gasteiger partial charge in [0.15, 0.2) is 10.8 Å². The van der Waals surface area contributed by atoms with Crippen molar-refractivity contribution in [2.45, 2.75) is 10.1 Å². The van der Waals surface area contributed by atoms with Crippen LogP contribution in [0, 0.1) is 5.82 Å². The van der Waals surface area contributed by atoms with Crippen LogP contribution in [0.25, 0.3) is 27.1 Å². The molecule has 0 atom stereocenters. The smallest absolute Gasteiger partial charge is 0.217 e. The SMILES string of the molecule is Nc1nc2ccc(Sc3nnc4ccc(-c5ccccc5F)nn34)cc2s1. The monoisotopic (exact) mass is 394 g/mol. The Morgan fingerprint density at radius 3 is 2.81 bits per heavy atom. The summed E-state index contributed by atoms with van der Waals surface area (Å²) in [5.41, 5.74) is 8.19. The largest absolute Gasteiger partial charge is 0.375 e. The van der Waals surface area contributed by atoms with E-state index >= 15 is 0 Å². The molecular weight excluding hydrogens is 383 g/mol. The Bertz CT molecular complexity index is 1300. The number of benzene rings is 2. The fraction of sp³-hybridized carbons (Fsp3) is 0. The van der Waals surface area contributed by atoms with Gasteiger partial charge in [-0.3, -0.25) is 0 Å². The topological polar surface area (TPSA) is 82.0 Å². The van der Waals surface area contributed by atoms with Crippen LogP contribution in [0.2, 0.25) is 0 Å². The molecule has 27 heavy (non-hydrogen) atoms. The van der Waals surface area contributed by atoms with Crippen LogP contribution < -0.4 is 5.73 Å². The highest BCUT2D eigenvalue weighted by atomic mass is 32.2. The van der Waals surface area contributed by atoms with Gasteiger partial charge in [0, 0.05) is 10.5 Å². The summed E-state index contributed by atoms with van der Waals surface area (Å²) in [6, 6.07) is 15.9. The summed E-state index contributed by atoms with van der Waals surface area (Å²) in [7, 11) is 0. The number of nitrogens with two attached hydrogens (primary N) is 1. The van der Waals surface area contributed by atoms with Gasteiger partial charge in [-0.25, -0.2) is 9.37 Å². The lowest BCUT2D eigenvalue weighted by Gasteiger charge is -2.04. The van der Waals surface area contributed by atoms with Gasteiger partial charge >= 0.3 is 0 Å². The number of rotatable bonds is 3. The van der Waals surface area contributed by atoms with Gasteiger partial charge in [0.05, 0.1) is 15.9 Å². The summed E-state index contributed by atoms with van der Waals surface area (Å²) < 4.78 is 16.7. The minimum Gasteiger partial charge on any atom is -0.375 e. The van der Waals surface area contributed by atoms with E-state index in [2.05, 4.69) is 20.3 Å². The first-order valence-corrected chi connectivity index (χ1v) is 9.62. The molecule has 5 aromatic rings. The van der Waals surface area contributed by atoms with Crippen molar-refractivity contribution in [3.05, 3.63) is 60.4 Å². The predicted octanol–water partition coefficient (Wildman–Crippen LogP) is 4.27. The third-order valence-corrected chi connectivity index (χ3v) is 5.74. The van der Waals surface area contributed by atoms with E-state index in [-0.39, 0.29) is 5.82 Å². The number of thiazole rings is 1. The molecule has 0 unspecified atom stereocenters. The average molecular weight is 394 g/mol. The molecule has 0 bridgehead atoms. The van der Waals surface area contributed by atoms with E-state index in [0.717, 1.165) is 15.1 Å².